The van der Waals surface area contributed by atoms with Crippen molar-refractivity contribution in [1.82, 2.24) is 20.0 Å². The molecular formula is C31H30ClN5O2. The van der Waals surface area contributed by atoms with E-state index < -0.39 is 0 Å². The molecule has 1 aliphatic rings. The fraction of sp³-hybridized carbons (Fsp3) is 0.226. The summed E-state index contributed by atoms with van der Waals surface area (Å²) in [4.78, 5) is 32.2. The van der Waals surface area contributed by atoms with Crippen molar-refractivity contribution in [2.24, 2.45) is 0 Å². The highest BCUT2D eigenvalue weighted by Gasteiger charge is 2.26. The predicted octanol–water partition coefficient (Wildman–Crippen LogP) is 4.72. The lowest BCUT2D eigenvalue weighted by Crippen LogP contribution is -2.52. The van der Waals surface area contributed by atoms with Gasteiger partial charge in [-0.15, -0.1) is 10.2 Å². The third kappa shape index (κ3) is 6.81. The van der Waals surface area contributed by atoms with Crippen LogP contribution in [-0.2, 0) is 22.6 Å². The number of halogens is 1. The topological polar surface area (TPSA) is 69.6 Å². The third-order valence-corrected chi connectivity index (χ3v) is 7.18. The van der Waals surface area contributed by atoms with Gasteiger partial charge >= 0.3 is 0 Å². The number of nitrogens with zero attached hydrogens (tertiary/aromatic N) is 5. The summed E-state index contributed by atoms with van der Waals surface area (Å²) in [7, 11) is 0. The maximum Gasteiger partial charge on any atom is 0.242 e. The van der Waals surface area contributed by atoms with Crippen LogP contribution in [0.25, 0.3) is 11.3 Å². The molecule has 2 amide bonds. The molecule has 5 rings (SSSR count). The molecule has 1 saturated heterocycles. The molecule has 0 bridgehead atoms. The minimum Gasteiger partial charge on any atom is -0.352 e. The Balaban J connectivity index is 1.20. The van der Waals surface area contributed by atoms with Crippen LogP contribution in [0.3, 0.4) is 0 Å². The normalized spacial score (nSPS) is 13.3. The van der Waals surface area contributed by atoms with E-state index in [-0.39, 0.29) is 24.8 Å². The molecule has 1 aliphatic heterocycles. The third-order valence-electron chi connectivity index (χ3n) is 6.85. The highest BCUT2D eigenvalue weighted by Crippen LogP contribution is 2.26. The van der Waals surface area contributed by atoms with Crippen LogP contribution in [0.1, 0.15) is 11.1 Å². The molecular weight excluding hydrogens is 510 g/mol. The van der Waals surface area contributed by atoms with Crippen LogP contribution < -0.4 is 4.90 Å². The molecule has 7 nitrogen and oxygen atoms in total. The molecule has 3 aromatic carbocycles. The van der Waals surface area contributed by atoms with Crippen LogP contribution in [0.15, 0.2) is 97.1 Å². The minimum atomic E-state index is -0.0640. The summed E-state index contributed by atoms with van der Waals surface area (Å²) in [6.07, 6.45) is 0.261. The number of hydrogen-bond donors (Lipinski definition) is 0. The van der Waals surface area contributed by atoms with Gasteiger partial charge in [-0.3, -0.25) is 9.59 Å². The van der Waals surface area contributed by atoms with E-state index in [0.29, 0.717) is 37.7 Å². The number of amides is 2. The van der Waals surface area contributed by atoms with Gasteiger partial charge in [0.1, 0.15) is 6.54 Å². The van der Waals surface area contributed by atoms with Crippen molar-refractivity contribution < 1.29 is 9.59 Å². The molecule has 0 unspecified atom stereocenters. The zero-order valence-electron chi connectivity index (χ0n) is 21.6. The van der Waals surface area contributed by atoms with Gasteiger partial charge in [0.25, 0.3) is 0 Å². The molecule has 198 valence electrons. The Hall–Kier alpha value is -4.23. The Morgan fingerprint density at radius 3 is 2.03 bits per heavy atom. The first-order chi connectivity index (χ1) is 19.1. The van der Waals surface area contributed by atoms with E-state index in [2.05, 4.69) is 15.1 Å². The molecule has 0 radical (unpaired) electrons. The van der Waals surface area contributed by atoms with Crippen LogP contribution in [0.4, 0.5) is 5.82 Å². The van der Waals surface area contributed by atoms with Crippen molar-refractivity contribution in [2.75, 3.05) is 37.6 Å². The second kappa shape index (κ2) is 12.5. The van der Waals surface area contributed by atoms with E-state index in [0.717, 1.165) is 28.2 Å². The summed E-state index contributed by atoms with van der Waals surface area (Å²) in [6, 6.07) is 30.8. The Morgan fingerprint density at radius 1 is 0.744 bits per heavy atom. The van der Waals surface area contributed by atoms with E-state index in [4.69, 9.17) is 11.6 Å². The van der Waals surface area contributed by atoms with Crippen molar-refractivity contribution in [3.05, 3.63) is 113 Å². The molecule has 0 aliphatic carbocycles. The maximum atomic E-state index is 13.3. The molecule has 0 N–H and O–H groups in total. The lowest BCUT2D eigenvalue weighted by molar-refractivity contribution is -0.140. The first-order valence-electron chi connectivity index (χ1n) is 13.0. The van der Waals surface area contributed by atoms with Gasteiger partial charge in [-0.25, -0.2) is 0 Å². The van der Waals surface area contributed by atoms with Gasteiger partial charge < -0.3 is 14.7 Å². The van der Waals surface area contributed by atoms with Crippen LogP contribution in [-0.4, -0.2) is 64.5 Å². The lowest BCUT2D eigenvalue weighted by atomic mass is 10.1. The Kier molecular flexibility index (Phi) is 8.48. The van der Waals surface area contributed by atoms with Crippen molar-refractivity contribution in [2.45, 2.75) is 13.0 Å². The number of anilines is 1. The van der Waals surface area contributed by atoms with Gasteiger partial charge in [0.15, 0.2) is 5.82 Å². The van der Waals surface area contributed by atoms with Crippen LogP contribution in [0.2, 0.25) is 5.02 Å². The van der Waals surface area contributed by atoms with Crippen LogP contribution in [0, 0.1) is 0 Å². The number of benzene rings is 3. The largest absolute Gasteiger partial charge is 0.352 e. The fourth-order valence-corrected chi connectivity index (χ4v) is 4.91. The number of rotatable bonds is 8. The average molecular weight is 540 g/mol. The number of carbonyl (C=O) groups is 2. The van der Waals surface area contributed by atoms with Crippen molar-refractivity contribution >= 4 is 29.2 Å². The Morgan fingerprint density at radius 2 is 1.38 bits per heavy atom. The van der Waals surface area contributed by atoms with Gasteiger partial charge in [0, 0.05) is 38.3 Å². The zero-order chi connectivity index (χ0) is 27.0. The van der Waals surface area contributed by atoms with E-state index in [1.165, 1.54) is 0 Å². The van der Waals surface area contributed by atoms with Gasteiger partial charge in [0.05, 0.1) is 17.1 Å². The van der Waals surface area contributed by atoms with E-state index in [1.54, 1.807) is 4.90 Å². The van der Waals surface area contributed by atoms with E-state index in [1.807, 2.05) is 102 Å². The number of carbonyl (C=O) groups excluding carboxylic acids is 2. The van der Waals surface area contributed by atoms with Crippen molar-refractivity contribution in [1.29, 1.82) is 0 Å². The molecule has 1 fully saturated rings. The number of piperazine rings is 1. The van der Waals surface area contributed by atoms with Crippen molar-refractivity contribution in [3.63, 3.8) is 0 Å². The molecule has 0 spiro atoms. The lowest BCUT2D eigenvalue weighted by Gasteiger charge is -2.36. The van der Waals surface area contributed by atoms with Crippen LogP contribution >= 0.6 is 11.6 Å². The summed E-state index contributed by atoms with van der Waals surface area (Å²) >= 11 is 6.29. The predicted molar refractivity (Wildman–Crippen MR) is 153 cm³/mol. The highest BCUT2D eigenvalue weighted by atomic mass is 35.5. The SMILES string of the molecule is O=C(CN(Cc1ccccc1)C(=O)Cc1ccccc1)N1CCN(c2ccc(-c3ccccc3Cl)nn2)CC1. The second-order valence-electron chi connectivity index (χ2n) is 9.52. The summed E-state index contributed by atoms with van der Waals surface area (Å²) in [6.45, 7) is 2.83. The van der Waals surface area contributed by atoms with Crippen LogP contribution in [0.5, 0.6) is 0 Å². The smallest absolute Gasteiger partial charge is 0.242 e. The zero-order valence-corrected chi connectivity index (χ0v) is 22.4. The quantitative estimate of drug-likeness (QED) is 0.324. The maximum absolute atomic E-state index is 13.3. The molecule has 2 heterocycles. The first kappa shape index (κ1) is 26.4. The molecule has 1 aromatic heterocycles. The molecule has 0 saturated carbocycles. The summed E-state index contributed by atoms with van der Waals surface area (Å²) < 4.78 is 0. The summed E-state index contributed by atoms with van der Waals surface area (Å²) in [5.41, 5.74) is 3.49. The van der Waals surface area contributed by atoms with Gasteiger partial charge in [-0.1, -0.05) is 90.5 Å². The Bertz CT molecular complexity index is 1390. The van der Waals surface area contributed by atoms with E-state index in [9.17, 15) is 9.59 Å². The number of hydrogen-bond acceptors (Lipinski definition) is 5. The standard InChI is InChI=1S/C31H30ClN5O2/c32-27-14-8-7-13-26(27)28-15-16-29(34-33-28)35-17-19-36(20-18-35)31(39)23-37(22-25-11-5-2-6-12-25)30(38)21-24-9-3-1-4-10-24/h1-16H,17-23H2. The molecule has 4 aromatic rings. The van der Waals surface area contributed by atoms with Crippen molar-refractivity contribution in [3.8, 4) is 11.3 Å². The number of aromatic nitrogens is 2. The monoisotopic (exact) mass is 539 g/mol. The second-order valence-corrected chi connectivity index (χ2v) is 9.93. The molecule has 0 atom stereocenters. The van der Waals surface area contributed by atoms with Gasteiger partial charge in [-0.05, 0) is 29.3 Å². The van der Waals surface area contributed by atoms with Gasteiger partial charge in [-0.2, -0.15) is 0 Å². The van der Waals surface area contributed by atoms with Gasteiger partial charge in [0.2, 0.25) is 11.8 Å². The van der Waals surface area contributed by atoms with E-state index >= 15 is 0 Å². The first-order valence-corrected chi connectivity index (χ1v) is 13.4. The average Bonchev–Trinajstić information content (AvgIpc) is 2.98. The summed E-state index contributed by atoms with van der Waals surface area (Å²) in [5, 5.41) is 9.41. The summed E-state index contributed by atoms with van der Waals surface area (Å²) in [5.74, 6) is 0.653. The molecule has 8 heteroatoms. The minimum absolute atomic E-state index is 0.0485. The Labute approximate surface area is 233 Å². The fourth-order valence-electron chi connectivity index (χ4n) is 4.67. The molecule has 39 heavy (non-hydrogen) atoms. The highest BCUT2D eigenvalue weighted by molar-refractivity contribution is 6.33.